The normalized spacial score (nSPS) is 13.6. The number of hydrogen-bond acceptors (Lipinski definition) is 6. The van der Waals surface area contributed by atoms with Gasteiger partial charge in [0.2, 0.25) is 5.91 Å². The third-order valence-electron chi connectivity index (χ3n) is 8.38. The quantitative estimate of drug-likeness (QED) is 0.107. The number of unbranched alkanes of at least 4 members (excludes halogenated alkanes) is 1. The molecule has 5 rings (SSSR count). The number of para-hydroxylation sites is 2. The second kappa shape index (κ2) is 17.1. The van der Waals surface area contributed by atoms with E-state index in [0.29, 0.717) is 34.9 Å². The summed E-state index contributed by atoms with van der Waals surface area (Å²) >= 11 is 0. The number of fused-ring (bicyclic) bond motifs is 2. The Balaban J connectivity index is 1.32. The van der Waals surface area contributed by atoms with Crippen LogP contribution >= 0.6 is 0 Å². The predicted molar refractivity (Wildman–Crippen MR) is 191 cm³/mol. The van der Waals surface area contributed by atoms with Gasteiger partial charge in [-0.1, -0.05) is 99.1 Å². The Morgan fingerprint density at radius 3 is 2.29 bits per heavy atom. The zero-order valence-corrected chi connectivity index (χ0v) is 27.9. The van der Waals surface area contributed by atoms with Crippen LogP contribution in [0.4, 0.5) is 10.5 Å². The highest BCUT2D eigenvalue weighted by atomic mass is 16.5. The molecule has 4 N–H and O–H groups in total. The number of ether oxygens (including phenoxy) is 2. The Morgan fingerprint density at radius 1 is 0.837 bits per heavy atom. The molecule has 0 fully saturated rings. The fraction of sp³-hybridized carbons (Fsp3) is 0.275. The summed E-state index contributed by atoms with van der Waals surface area (Å²) < 4.78 is 11.5. The summed E-state index contributed by atoms with van der Waals surface area (Å²) in [4.78, 5) is 39.2. The highest BCUT2D eigenvalue weighted by Gasteiger charge is 2.29. The third-order valence-corrected chi connectivity index (χ3v) is 8.38. The number of rotatable bonds is 14. The summed E-state index contributed by atoms with van der Waals surface area (Å²) in [6.07, 6.45) is 2.44. The first-order valence-corrected chi connectivity index (χ1v) is 16.7. The third kappa shape index (κ3) is 9.81. The van der Waals surface area contributed by atoms with Gasteiger partial charge < -0.3 is 25.2 Å². The highest BCUT2D eigenvalue weighted by Crippen LogP contribution is 2.38. The van der Waals surface area contributed by atoms with Gasteiger partial charge in [0, 0.05) is 29.3 Å². The van der Waals surface area contributed by atoms with Crippen LogP contribution in [0.15, 0.2) is 103 Å². The van der Waals surface area contributed by atoms with Gasteiger partial charge in [0.05, 0.1) is 17.7 Å². The van der Waals surface area contributed by atoms with E-state index in [9.17, 15) is 19.5 Å². The Bertz CT molecular complexity index is 1760. The molecule has 4 aromatic carbocycles. The maximum absolute atomic E-state index is 14.1. The van der Waals surface area contributed by atoms with Gasteiger partial charge in [-0.3, -0.25) is 14.9 Å². The minimum atomic E-state index is -1.04. The van der Waals surface area contributed by atoms with Crippen LogP contribution < -0.4 is 20.7 Å². The van der Waals surface area contributed by atoms with E-state index in [1.807, 2.05) is 91.0 Å². The molecule has 0 saturated carbocycles. The van der Waals surface area contributed by atoms with E-state index in [-0.39, 0.29) is 31.3 Å². The molecular weight excluding hydrogens is 618 g/mol. The van der Waals surface area contributed by atoms with Gasteiger partial charge in [0.1, 0.15) is 18.1 Å². The van der Waals surface area contributed by atoms with E-state index in [1.165, 1.54) is 0 Å². The highest BCUT2D eigenvalue weighted by molar-refractivity contribution is 6.25. The molecule has 0 spiro atoms. The molecule has 0 radical (unpaired) electrons. The average molecular weight is 662 g/mol. The topological polar surface area (TPSA) is 126 Å². The molecule has 0 saturated heterocycles. The number of aliphatic hydroxyl groups is 1. The number of aliphatic hydroxyl groups excluding tert-OH is 1. The Hall–Kier alpha value is -5.41. The Labute approximate surface area is 287 Å². The Kier molecular flexibility index (Phi) is 12.2. The van der Waals surface area contributed by atoms with Crippen LogP contribution in [0.2, 0.25) is 0 Å². The first-order valence-electron chi connectivity index (χ1n) is 16.7. The van der Waals surface area contributed by atoms with Crippen molar-refractivity contribution in [3.63, 3.8) is 0 Å². The molecule has 3 amide bonds. The van der Waals surface area contributed by atoms with Crippen molar-refractivity contribution < 1.29 is 29.0 Å². The summed E-state index contributed by atoms with van der Waals surface area (Å²) in [5.41, 5.74) is 4.02. The molecule has 1 aliphatic heterocycles. The van der Waals surface area contributed by atoms with Crippen LogP contribution in [0, 0.1) is 5.92 Å². The van der Waals surface area contributed by atoms with E-state index >= 15 is 0 Å². The molecule has 254 valence electrons. The van der Waals surface area contributed by atoms with Gasteiger partial charge in [-0.25, -0.2) is 4.79 Å². The second-order valence-corrected chi connectivity index (χ2v) is 12.2. The van der Waals surface area contributed by atoms with Gasteiger partial charge in [-0.15, -0.1) is 0 Å². The molecule has 9 heteroatoms. The van der Waals surface area contributed by atoms with Crippen LogP contribution in [0.1, 0.15) is 55.4 Å². The molecule has 3 atom stereocenters. The molecule has 9 nitrogen and oxygen atoms in total. The summed E-state index contributed by atoms with van der Waals surface area (Å²) in [6.45, 7) is 4.56. The average Bonchev–Trinajstić information content (AvgIpc) is 3.28. The maximum atomic E-state index is 14.1. The second-order valence-electron chi connectivity index (χ2n) is 12.2. The van der Waals surface area contributed by atoms with Crippen LogP contribution in [0.3, 0.4) is 0 Å². The van der Waals surface area contributed by atoms with Crippen LogP contribution in [0.5, 0.6) is 11.5 Å². The zero-order valence-electron chi connectivity index (χ0n) is 27.9. The smallest absolute Gasteiger partial charge is 0.411 e. The lowest BCUT2D eigenvalue weighted by atomic mass is 9.92. The molecule has 0 aliphatic carbocycles. The van der Waals surface area contributed by atoms with Gasteiger partial charge in [-0.2, -0.15) is 0 Å². The lowest BCUT2D eigenvalue weighted by molar-refractivity contribution is -0.125. The van der Waals surface area contributed by atoms with E-state index in [2.05, 4.69) is 22.9 Å². The molecular formula is C40H43N3O6. The van der Waals surface area contributed by atoms with E-state index in [1.54, 1.807) is 25.1 Å². The maximum Gasteiger partial charge on any atom is 0.411 e. The van der Waals surface area contributed by atoms with Gasteiger partial charge >= 0.3 is 6.09 Å². The lowest BCUT2D eigenvalue weighted by Crippen LogP contribution is -2.46. The molecule has 2 unspecified atom stereocenters. The molecule has 4 aromatic rings. The molecule has 1 heterocycles. The van der Waals surface area contributed by atoms with Crippen molar-refractivity contribution >= 4 is 35.2 Å². The molecule has 0 bridgehead atoms. The SMILES string of the molecule is CCCCNC(=O)C(C)CC(O)[C@H](Cc1ccc(NC(=O)OCc2ccccc2)cc1)NC(=O)C1=Cc2ccccc2Oc2ccccc21. The minimum absolute atomic E-state index is 0.138. The summed E-state index contributed by atoms with van der Waals surface area (Å²) in [5.74, 6) is 0.194. The van der Waals surface area contributed by atoms with E-state index < -0.39 is 24.2 Å². The predicted octanol–water partition coefficient (Wildman–Crippen LogP) is 7.11. The zero-order chi connectivity index (χ0) is 34.6. The van der Waals surface area contributed by atoms with Crippen molar-refractivity contribution in [2.24, 2.45) is 5.92 Å². The minimum Gasteiger partial charge on any atom is -0.456 e. The number of benzene rings is 4. The van der Waals surface area contributed by atoms with Crippen molar-refractivity contribution in [2.45, 2.75) is 58.3 Å². The number of nitrogens with one attached hydrogen (secondary N) is 3. The first kappa shape index (κ1) is 34.9. The summed E-state index contributed by atoms with van der Waals surface area (Å²) in [7, 11) is 0. The van der Waals surface area contributed by atoms with Crippen LogP contribution in [-0.4, -0.2) is 41.7 Å². The van der Waals surface area contributed by atoms with Gasteiger partial charge in [-0.05, 0) is 60.7 Å². The van der Waals surface area contributed by atoms with Crippen molar-refractivity contribution in [3.8, 4) is 11.5 Å². The molecule has 49 heavy (non-hydrogen) atoms. The standard InChI is InChI=1S/C40H43N3O6/c1-3-4-22-41-38(45)27(2)23-35(44)34(24-28-18-20-31(21-19-28)42-40(47)48-26-29-12-6-5-7-13-29)43-39(46)33-25-30-14-8-10-16-36(30)49-37-17-11-9-15-32(33)37/h5-21,25,27,34-35,44H,3-4,22-24,26H2,1-2H3,(H,41,45)(H,42,47)(H,43,46)/t27?,34-,35?/m0/s1. The van der Waals surface area contributed by atoms with Crippen LogP contribution in [-0.2, 0) is 27.4 Å². The van der Waals surface area contributed by atoms with Crippen molar-refractivity contribution in [3.05, 3.63) is 125 Å². The van der Waals surface area contributed by atoms with E-state index in [0.717, 1.165) is 29.5 Å². The van der Waals surface area contributed by atoms with Crippen molar-refractivity contribution in [2.75, 3.05) is 11.9 Å². The lowest BCUT2D eigenvalue weighted by Gasteiger charge is -2.27. The fourth-order valence-corrected chi connectivity index (χ4v) is 5.59. The van der Waals surface area contributed by atoms with Crippen LogP contribution in [0.25, 0.3) is 11.6 Å². The largest absolute Gasteiger partial charge is 0.456 e. The van der Waals surface area contributed by atoms with Crippen molar-refractivity contribution in [1.82, 2.24) is 10.6 Å². The molecule has 1 aliphatic rings. The first-order chi connectivity index (χ1) is 23.8. The van der Waals surface area contributed by atoms with Gasteiger partial charge in [0.15, 0.2) is 0 Å². The number of amides is 3. The number of anilines is 1. The number of carbonyl (C=O) groups excluding carboxylic acids is 3. The molecule has 0 aromatic heterocycles. The summed E-state index contributed by atoms with van der Waals surface area (Å²) in [5, 5.41) is 20.3. The number of carbonyl (C=O) groups is 3. The van der Waals surface area contributed by atoms with E-state index in [4.69, 9.17) is 9.47 Å². The van der Waals surface area contributed by atoms with Gasteiger partial charge in [0.25, 0.3) is 5.91 Å². The van der Waals surface area contributed by atoms with Crippen molar-refractivity contribution in [1.29, 1.82) is 0 Å². The summed E-state index contributed by atoms with van der Waals surface area (Å²) in [6, 6.07) is 30.6. The Morgan fingerprint density at radius 2 is 1.53 bits per heavy atom. The number of hydrogen-bond donors (Lipinski definition) is 4. The monoisotopic (exact) mass is 661 g/mol. The fourth-order valence-electron chi connectivity index (χ4n) is 5.59.